The fourth-order valence-electron chi connectivity index (χ4n) is 3.01. The standard InChI is InChI=1S/C12H16N6S2.2C10H14.4ClH.2Ru/c1-13-11(19)17-15-7-9-3-5-10(6-4-9)8-16-18-12(20)14-2;2*1-8(2)10-6-4-9(3)5-7-10;;;;;;/h3-8H,1-2H3,(H2,13,17,19)(H2,14,18,20);2*4-8H,1-3H3;4*1H;;/q;;;;;;;2*+2/p-4/b15-7+,16-8+;;;;;;;;. The Morgan fingerprint density at radius 2 is 0.804 bits per heavy atom. The van der Waals surface area contributed by atoms with Crippen molar-refractivity contribution >= 4 is 47.1 Å². The van der Waals surface area contributed by atoms with Gasteiger partial charge in [-0.3, -0.25) is 10.9 Å². The number of benzene rings is 3. The molecule has 6 nitrogen and oxygen atoms in total. The van der Waals surface area contributed by atoms with E-state index in [2.05, 4.69) is 122 Å². The normalized spacial score (nSPS) is 9.09. The van der Waals surface area contributed by atoms with Gasteiger partial charge >= 0.3 is 39.0 Å². The van der Waals surface area contributed by atoms with E-state index in [1.54, 1.807) is 26.5 Å². The molecule has 0 fully saturated rings. The van der Waals surface area contributed by atoms with Gasteiger partial charge < -0.3 is 60.3 Å². The van der Waals surface area contributed by atoms with Crippen LogP contribution in [0.25, 0.3) is 0 Å². The molecule has 0 aliphatic heterocycles. The minimum atomic E-state index is 0. The first-order valence-electron chi connectivity index (χ1n) is 13.3. The molecule has 0 aliphatic rings. The van der Waals surface area contributed by atoms with Crippen molar-refractivity contribution in [2.24, 2.45) is 10.2 Å². The maximum Gasteiger partial charge on any atom is 2.00 e. The van der Waals surface area contributed by atoms with Crippen LogP contribution in [0.4, 0.5) is 0 Å². The summed E-state index contributed by atoms with van der Waals surface area (Å²) in [4.78, 5) is 0. The zero-order valence-electron chi connectivity index (χ0n) is 27.2. The molecule has 0 spiro atoms. The summed E-state index contributed by atoms with van der Waals surface area (Å²) >= 11 is 9.79. The third-order valence-corrected chi connectivity index (χ3v) is 6.23. The van der Waals surface area contributed by atoms with Crippen LogP contribution in [0.5, 0.6) is 0 Å². The quantitative estimate of drug-likeness (QED) is 0.0860. The summed E-state index contributed by atoms with van der Waals surface area (Å²) in [5.74, 6) is 1.31. The number of nitrogens with one attached hydrogen (secondary N) is 4. The van der Waals surface area contributed by atoms with E-state index in [1.807, 2.05) is 24.3 Å². The van der Waals surface area contributed by atoms with E-state index >= 15 is 0 Å². The second-order valence-corrected chi connectivity index (χ2v) is 10.5. The van der Waals surface area contributed by atoms with E-state index in [9.17, 15) is 0 Å². The molecule has 0 aromatic heterocycles. The van der Waals surface area contributed by atoms with Crippen LogP contribution in [0.15, 0.2) is 83.0 Å². The van der Waals surface area contributed by atoms with Gasteiger partial charge in [-0.05, 0) is 72.4 Å². The van der Waals surface area contributed by atoms with Gasteiger partial charge in [-0.2, -0.15) is 10.2 Å². The summed E-state index contributed by atoms with van der Waals surface area (Å²) in [7, 11) is 3.46. The second-order valence-electron chi connectivity index (χ2n) is 9.70. The first-order valence-corrected chi connectivity index (χ1v) is 14.1. The molecule has 3 aromatic rings. The van der Waals surface area contributed by atoms with Crippen molar-refractivity contribution in [2.75, 3.05) is 14.1 Å². The SMILES string of the molecule is CNC(=S)N/N=C/c1ccc(/C=N/NC(=S)NC)cc1.Cc1ccc(C(C)C)cc1.Cc1ccc(C(C)C)cc1.[Cl-].[Cl-].[Cl-].[Cl-].[Ru+2].[Ru+2]. The smallest absolute Gasteiger partial charge is 1.00 e. The first-order chi connectivity index (χ1) is 19.0. The molecule has 0 atom stereocenters. The average molecular weight is 921 g/mol. The van der Waals surface area contributed by atoms with Crippen molar-refractivity contribution in [1.29, 1.82) is 0 Å². The maximum absolute atomic E-state index is 4.89. The molecule has 14 heteroatoms. The van der Waals surface area contributed by atoms with Crippen molar-refractivity contribution in [3.05, 3.63) is 106 Å². The molecule has 46 heavy (non-hydrogen) atoms. The van der Waals surface area contributed by atoms with Gasteiger partial charge in [0.1, 0.15) is 0 Å². The molecule has 0 aliphatic carbocycles. The summed E-state index contributed by atoms with van der Waals surface area (Å²) < 4.78 is 0. The van der Waals surface area contributed by atoms with Gasteiger partial charge in [0.15, 0.2) is 10.2 Å². The summed E-state index contributed by atoms with van der Waals surface area (Å²) in [5, 5.41) is 14.4. The van der Waals surface area contributed by atoms with Gasteiger partial charge in [-0.15, -0.1) is 0 Å². The van der Waals surface area contributed by atoms with Crippen molar-refractivity contribution in [3.8, 4) is 0 Å². The largest absolute Gasteiger partial charge is 2.00 e. The topological polar surface area (TPSA) is 72.8 Å². The number of hydrogen-bond donors (Lipinski definition) is 4. The zero-order chi connectivity index (χ0) is 29.9. The fraction of sp³-hybridized carbons (Fsp3) is 0.312. The molecule has 0 radical (unpaired) electrons. The van der Waals surface area contributed by atoms with Gasteiger partial charge in [0.2, 0.25) is 0 Å². The Labute approximate surface area is 338 Å². The number of rotatable bonds is 6. The molecule has 0 heterocycles. The summed E-state index contributed by atoms with van der Waals surface area (Å²) in [6.07, 6.45) is 3.36. The third-order valence-electron chi connectivity index (χ3n) is 5.64. The van der Waals surface area contributed by atoms with E-state index < -0.39 is 0 Å². The number of nitrogens with zero attached hydrogens (tertiary/aromatic N) is 2. The molecule has 3 aromatic carbocycles. The minimum absolute atomic E-state index is 0. The van der Waals surface area contributed by atoms with Crippen LogP contribution in [0.2, 0.25) is 0 Å². The van der Waals surface area contributed by atoms with Gasteiger partial charge in [-0.1, -0.05) is 112 Å². The van der Waals surface area contributed by atoms with Gasteiger partial charge in [-0.25, -0.2) is 0 Å². The van der Waals surface area contributed by atoms with Crippen LogP contribution >= 0.6 is 24.4 Å². The molecular formula is C32H44Cl4N6Ru2S2. The van der Waals surface area contributed by atoms with E-state index in [-0.39, 0.29) is 88.6 Å². The van der Waals surface area contributed by atoms with E-state index in [0.29, 0.717) is 22.1 Å². The number of hydrogen-bond acceptors (Lipinski definition) is 4. The monoisotopic (exact) mass is 920 g/mol. The summed E-state index contributed by atoms with van der Waals surface area (Å²) in [6.45, 7) is 13.1. The Hall–Kier alpha value is -1.21. The molecule has 0 bridgehead atoms. The maximum atomic E-state index is 4.89. The molecule has 0 unspecified atom stereocenters. The van der Waals surface area contributed by atoms with Crippen LogP contribution in [0, 0.1) is 13.8 Å². The van der Waals surface area contributed by atoms with E-state index in [0.717, 1.165) is 11.1 Å². The summed E-state index contributed by atoms with van der Waals surface area (Å²) in [6, 6.07) is 25.1. The Balaban J connectivity index is -0.000000132. The van der Waals surface area contributed by atoms with E-state index in [4.69, 9.17) is 24.4 Å². The number of thiocarbonyl (C=S) groups is 2. The Kier molecular flexibility index (Phi) is 41.8. The number of aryl methyl sites for hydroxylation is 2. The van der Waals surface area contributed by atoms with Crippen molar-refractivity contribution in [1.82, 2.24) is 21.5 Å². The molecule has 4 N–H and O–H groups in total. The van der Waals surface area contributed by atoms with Crippen molar-refractivity contribution < 1.29 is 88.6 Å². The third kappa shape index (κ3) is 26.8. The zero-order valence-corrected chi connectivity index (χ0v) is 35.3. The first kappa shape index (κ1) is 57.1. The van der Waals surface area contributed by atoms with Crippen molar-refractivity contribution in [2.45, 2.75) is 53.4 Å². The van der Waals surface area contributed by atoms with Gasteiger partial charge in [0.05, 0.1) is 12.4 Å². The summed E-state index contributed by atoms with van der Waals surface area (Å²) in [5.41, 5.74) is 12.8. The van der Waals surface area contributed by atoms with Crippen LogP contribution in [-0.4, -0.2) is 36.7 Å². The van der Waals surface area contributed by atoms with Gasteiger partial charge in [0, 0.05) is 14.1 Å². The number of halogens is 4. The molecule has 0 amide bonds. The molecule has 0 saturated heterocycles. The minimum Gasteiger partial charge on any atom is -1.00 e. The van der Waals surface area contributed by atoms with E-state index in [1.165, 1.54) is 22.3 Å². The second kappa shape index (κ2) is 33.7. The molecule has 0 saturated carbocycles. The predicted octanol–water partition coefficient (Wildman–Crippen LogP) is -5.21. The van der Waals surface area contributed by atoms with Crippen LogP contribution in [0.3, 0.4) is 0 Å². The Morgan fingerprint density at radius 3 is 1.02 bits per heavy atom. The van der Waals surface area contributed by atoms with Gasteiger partial charge in [0.25, 0.3) is 0 Å². The molecular weight excluding hydrogens is 876 g/mol. The number of hydrazone groups is 2. The molecule has 258 valence electrons. The Morgan fingerprint density at radius 1 is 0.543 bits per heavy atom. The Bertz CT molecular complexity index is 1130. The predicted molar refractivity (Wildman–Crippen MR) is 182 cm³/mol. The van der Waals surface area contributed by atoms with Crippen LogP contribution < -0.4 is 71.1 Å². The van der Waals surface area contributed by atoms with Crippen LogP contribution in [-0.2, 0) is 39.0 Å². The van der Waals surface area contributed by atoms with Crippen LogP contribution in [0.1, 0.15) is 72.9 Å². The fourth-order valence-corrected chi connectivity index (χ4v) is 3.12. The van der Waals surface area contributed by atoms with Crippen molar-refractivity contribution in [3.63, 3.8) is 0 Å². The molecule has 3 rings (SSSR count). The average Bonchev–Trinajstić information content (AvgIpc) is 2.95.